The Labute approximate surface area is 132 Å². The summed E-state index contributed by atoms with van der Waals surface area (Å²) in [6, 6.07) is 7.81. The van der Waals surface area contributed by atoms with Gasteiger partial charge in [-0.3, -0.25) is 4.79 Å². The van der Waals surface area contributed by atoms with E-state index in [1.807, 2.05) is 31.2 Å². The lowest BCUT2D eigenvalue weighted by molar-refractivity contribution is -0.122. The zero-order chi connectivity index (χ0) is 15.9. The molecule has 122 valence electrons. The number of benzene rings is 1. The SMILES string of the molecule is COc1cccc(C(C)CC(=O)NCC(O)C2CCCC2)c1. The van der Waals surface area contributed by atoms with Gasteiger partial charge in [-0.25, -0.2) is 0 Å². The first-order valence-electron chi connectivity index (χ1n) is 8.19. The Morgan fingerprint density at radius 2 is 2.14 bits per heavy atom. The van der Waals surface area contributed by atoms with Gasteiger partial charge in [0, 0.05) is 13.0 Å². The van der Waals surface area contributed by atoms with Crippen LogP contribution in [0.5, 0.6) is 5.75 Å². The quantitative estimate of drug-likeness (QED) is 0.814. The molecule has 2 atom stereocenters. The third kappa shape index (κ3) is 4.73. The number of ether oxygens (including phenoxy) is 1. The molecule has 4 heteroatoms. The van der Waals surface area contributed by atoms with E-state index in [0.717, 1.165) is 24.2 Å². The van der Waals surface area contributed by atoms with Crippen molar-refractivity contribution >= 4 is 5.91 Å². The van der Waals surface area contributed by atoms with Crippen LogP contribution in [0, 0.1) is 5.92 Å². The number of hydrogen-bond acceptors (Lipinski definition) is 3. The minimum atomic E-state index is -0.404. The standard InChI is InChI=1S/C18H27NO3/c1-13(15-8-5-9-16(11-15)22-2)10-18(21)19-12-17(20)14-6-3-4-7-14/h5,8-9,11,13-14,17,20H,3-4,6-7,10,12H2,1-2H3,(H,19,21). The highest BCUT2D eigenvalue weighted by molar-refractivity contribution is 5.76. The molecule has 22 heavy (non-hydrogen) atoms. The van der Waals surface area contributed by atoms with Gasteiger partial charge in [0.2, 0.25) is 5.91 Å². The summed E-state index contributed by atoms with van der Waals surface area (Å²) >= 11 is 0. The van der Waals surface area contributed by atoms with Crippen LogP contribution in [-0.4, -0.2) is 30.8 Å². The van der Waals surface area contributed by atoms with Crippen LogP contribution in [0.4, 0.5) is 0 Å². The van der Waals surface area contributed by atoms with Crippen molar-refractivity contribution in [2.75, 3.05) is 13.7 Å². The largest absolute Gasteiger partial charge is 0.497 e. The van der Waals surface area contributed by atoms with Gasteiger partial charge in [-0.2, -0.15) is 0 Å². The van der Waals surface area contributed by atoms with Crippen molar-refractivity contribution in [2.24, 2.45) is 5.92 Å². The van der Waals surface area contributed by atoms with Crippen LogP contribution in [0.1, 0.15) is 50.5 Å². The van der Waals surface area contributed by atoms with Gasteiger partial charge in [-0.1, -0.05) is 31.9 Å². The van der Waals surface area contributed by atoms with Gasteiger partial charge in [0.05, 0.1) is 13.2 Å². The van der Waals surface area contributed by atoms with Crippen LogP contribution in [0.3, 0.4) is 0 Å². The smallest absolute Gasteiger partial charge is 0.220 e. The third-order valence-corrected chi connectivity index (χ3v) is 4.61. The number of carbonyl (C=O) groups is 1. The molecule has 1 saturated carbocycles. The molecule has 1 fully saturated rings. The van der Waals surface area contributed by atoms with Gasteiger partial charge in [-0.05, 0) is 42.4 Å². The highest BCUT2D eigenvalue weighted by Gasteiger charge is 2.23. The lowest BCUT2D eigenvalue weighted by Gasteiger charge is -2.19. The number of hydrogen-bond donors (Lipinski definition) is 2. The second-order valence-electron chi connectivity index (χ2n) is 6.30. The van der Waals surface area contributed by atoms with Crippen LogP contribution in [-0.2, 0) is 4.79 Å². The second-order valence-corrected chi connectivity index (χ2v) is 6.30. The van der Waals surface area contributed by atoms with E-state index in [-0.39, 0.29) is 11.8 Å². The van der Waals surface area contributed by atoms with Crippen molar-refractivity contribution in [2.45, 2.75) is 51.0 Å². The van der Waals surface area contributed by atoms with Crippen molar-refractivity contribution < 1.29 is 14.6 Å². The van der Waals surface area contributed by atoms with Crippen LogP contribution < -0.4 is 10.1 Å². The molecule has 0 radical (unpaired) electrons. The van der Waals surface area contributed by atoms with E-state index in [4.69, 9.17) is 4.74 Å². The van der Waals surface area contributed by atoms with Crippen molar-refractivity contribution in [3.05, 3.63) is 29.8 Å². The van der Waals surface area contributed by atoms with Crippen LogP contribution in [0.15, 0.2) is 24.3 Å². The molecule has 1 aliphatic carbocycles. The zero-order valence-corrected chi connectivity index (χ0v) is 13.5. The van der Waals surface area contributed by atoms with Crippen molar-refractivity contribution in [3.63, 3.8) is 0 Å². The van der Waals surface area contributed by atoms with E-state index in [9.17, 15) is 9.90 Å². The van der Waals surface area contributed by atoms with Gasteiger partial charge in [-0.15, -0.1) is 0 Å². The number of aliphatic hydroxyl groups is 1. The number of rotatable bonds is 7. The first-order valence-corrected chi connectivity index (χ1v) is 8.19. The van der Waals surface area contributed by atoms with Gasteiger partial charge in [0.1, 0.15) is 5.75 Å². The molecule has 1 aromatic rings. The predicted octanol–water partition coefficient (Wildman–Crippen LogP) is 2.86. The number of carbonyl (C=O) groups excluding carboxylic acids is 1. The van der Waals surface area contributed by atoms with Crippen LogP contribution in [0.25, 0.3) is 0 Å². The lowest BCUT2D eigenvalue weighted by atomic mass is 9.97. The third-order valence-electron chi connectivity index (χ3n) is 4.61. The molecule has 0 aromatic heterocycles. The van der Waals surface area contributed by atoms with Crippen molar-refractivity contribution in [3.8, 4) is 5.75 Å². The summed E-state index contributed by atoms with van der Waals surface area (Å²) in [7, 11) is 1.64. The predicted molar refractivity (Wildman–Crippen MR) is 87.0 cm³/mol. The van der Waals surface area contributed by atoms with Crippen molar-refractivity contribution in [1.29, 1.82) is 0 Å². The summed E-state index contributed by atoms with van der Waals surface area (Å²) < 4.78 is 5.21. The molecule has 0 spiro atoms. The maximum absolute atomic E-state index is 12.0. The molecule has 1 aromatic carbocycles. The van der Waals surface area contributed by atoms with Gasteiger partial charge >= 0.3 is 0 Å². The molecule has 2 unspecified atom stereocenters. The lowest BCUT2D eigenvalue weighted by Crippen LogP contribution is -2.36. The maximum atomic E-state index is 12.0. The summed E-state index contributed by atoms with van der Waals surface area (Å²) in [6.45, 7) is 2.40. The topological polar surface area (TPSA) is 58.6 Å². The number of amides is 1. The van der Waals surface area contributed by atoms with Gasteiger partial charge in [0.15, 0.2) is 0 Å². The molecule has 2 rings (SSSR count). The molecule has 1 amide bonds. The first kappa shape index (κ1) is 16.8. The Balaban J connectivity index is 1.78. The summed E-state index contributed by atoms with van der Waals surface area (Å²) in [5.41, 5.74) is 1.09. The number of aliphatic hydroxyl groups excluding tert-OH is 1. The van der Waals surface area contributed by atoms with Crippen LogP contribution in [0.2, 0.25) is 0 Å². The monoisotopic (exact) mass is 305 g/mol. The summed E-state index contributed by atoms with van der Waals surface area (Å²) in [6.07, 6.45) is 4.57. The highest BCUT2D eigenvalue weighted by Crippen LogP contribution is 2.27. The fourth-order valence-electron chi connectivity index (χ4n) is 3.14. The summed E-state index contributed by atoms with van der Waals surface area (Å²) in [5.74, 6) is 1.28. The second kappa shape index (κ2) is 8.18. The number of methoxy groups -OCH3 is 1. The molecule has 0 heterocycles. The Morgan fingerprint density at radius 1 is 1.41 bits per heavy atom. The van der Waals surface area contributed by atoms with E-state index < -0.39 is 6.10 Å². The van der Waals surface area contributed by atoms with E-state index in [2.05, 4.69) is 5.32 Å². The van der Waals surface area contributed by atoms with Gasteiger partial charge in [0.25, 0.3) is 0 Å². The van der Waals surface area contributed by atoms with E-state index in [0.29, 0.717) is 18.9 Å². The minimum Gasteiger partial charge on any atom is -0.497 e. The molecule has 0 aliphatic heterocycles. The Hall–Kier alpha value is -1.55. The maximum Gasteiger partial charge on any atom is 0.220 e. The molecule has 4 nitrogen and oxygen atoms in total. The van der Waals surface area contributed by atoms with E-state index >= 15 is 0 Å². The van der Waals surface area contributed by atoms with E-state index in [1.165, 1.54) is 12.8 Å². The van der Waals surface area contributed by atoms with Crippen molar-refractivity contribution in [1.82, 2.24) is 5.32 Å². The fraction of sp³-hybridized carbons (Fsp3) is 0.611. The average molecular weight is 305 g/mol. The first-order chi connectivity index (χ1) is 10.6. The van der Waals surface area contributed by atoms with Crippen LogP contribution >= 0.6 is 0 Å². The molecular weight excluding hydrogens is 278 g/mol. The summed E-state index contributed by atoms with van der Waals surface area (Å²) in [5, 5.41) is 13.0. The normalized spacial score (nSPS) is 18.0. The average Bonchev–Trinajstić information content (AvgIpc) is 3.07. The fourth-order valence-corrected chi connectivity index (χ4v) is 3.14. The summed E-state index contributed by atoms with van der Waals surface area (Å²) in [4.78, 5) is 12.0. The Morgan fingerprint density at radius 3 is 2.82 bits per heavy atom. The zero-order valence-electron chi connectivity index (χ0n) is 13.5. The highest BCUT2D eigenvalue weighted by atomic mass is 16.5. The molecular formula is C18H27NO3. The Kier molecular flexibility index (Phi) is 6.25. The van der Waals surface area contributed by atoms with E-state index in [1.54, 1.807) is 7.11 Å². The minimum absolute atomic E-state index is 0.00707. The Bertz CT molecular complexity index is 483. The molecule has 0 saturated heterocycles. The molecule has 2 N–H and O–H groups in total. The molecule has 0 bridgehead atoms. The number of nitrogens with one attached hydrogen (secondary N) is 1. The van der Waals surface area contributed by atoms with Gasteiger partial charge < -0.3 is 15.2 Å². The molecule has 1 aliphatic rings.